The van der Waals surface area contributed by atoms with E-state index in [1.54, 1.807) is 38.1 Å². The van der Waals surface area contributed by atoms with E-state index in [2.05, 4.69) is 4.99 Å². The number of alkyl halides is 3. The van der Waals surface area contributed by atoms with Gasteiger partial charge in [-0.25, -0.2) is 9.79 Å². The van der Waals surface area contributed by atoms with Crippen molar-refractivity contribution in [3.8, 4) is 22.8 Å². The largest absolute Gasteiger partial charge is 0.493 e. The Labute approximate surface area is 241 Å². The van der Waals surface area contributed by atoms with Gasteiger partial charge in [0.15, 0.2) is 16.3 Å². The predicted molar refractivity (Wildman–Crippen MR) is 149 cm³/mol. The van der Waals surface area contributed by atoms with Crippen molar-refractivity contribution in [1.82, 2.24) is 4.57 Å². The molecule has 0 unspecified atom stereocenters. The number of furan rings is 1. The fourth-order valence-electron chi connectivity index (χ4n) is 4.69. The van der Waals surface area contributed by atoms with E-state index < -0.39 is 29.3 Å². The van der Waals surface area contributed by atoms with Crippen LogP contribution in [0.25, 0.3) is 17.4 Å². The lowest BCUT2D eigenvalue weighted by molar-refractivity contribution is -0.139. The van der Waals surface area contributed by atoms with Gasteiger partial charge in [-0.1, -0.05) is 29.5 Å². The molecule has 0 radical (unpaired) electrons. The minimum atomic E-state index is -4.50. The van der Waals surface area contributed by atoms with Crippen molar-refractivity contribution in [2.45, 2.75) is 26.1 Å². The second kappa shape index (κ2) is 11.4. The van der Waals surface area contributed by atoms with Crippen LogP contribution >= 0.6 is 11.3 Å². The summed E-state index contributed by atoms with van der Waals surface area (Å²) in [5.41, 5.74) is 0.175. The highest BCUT2D eigenvalue weighted by Crippen LogP contribution is 2.36. The highest BCUT2D eigenvalue weighted by molar-refractivity contribution is 7.07. The molecule has 3 heterocycles. The Bertz CT molecular complexity index is 1880. The average Bonchev–Trinajstić information content (AvgIpc) is 3.55. The molecule has 0 aliphatic carbocycles. The molecule has 0 saturated carbocycles. The quantitative estimate of drug-likeness (QED) is 0.275. The van der Waals surface area contributed by atoms with Crippen molar-refractivity contribution in [2.75, 3.05) is 20.8 Å². The number of nitrogens with zero attached hydrogens (tertiary/aromatic N) is 2. The van der Waals surface area contributed by atoms with Gasteiger partial charge in [-0.15, -0.1) is 0 Å². The molecule has 218 valence electrons. The Morgan fingerprint density at radius 1 is 1.10 bits per heavy atom. The van der Waals surface area contributed by atoms with Gasteiger partial charge in [0, 0.05) is 11.6 Å². The molecule has 0 saturated heterocycles. The third-order valence-electron chi connectivity index (χ3n) is 6.61. The first-order valence-electron chi connectivity index (χ1n) is 12.7. The smallest absolute Gasteiger partial charge is 0.416 e. The molecule has 0 fully saturated rings. The van der Waals surface area contributed by atoms with Crippen molar-refractivity contribution in [3.05, 3.63) is 102 Å². The SMILES string of the molecule is CCOC(=O)C1=C(C)N=c2s/c(=C/c3ccc(-c4cccc(C(F)(F)F)c4)o3)c(=O)n2[C@@H]1c1ccc(OC)c(OC)c1. The Balaban J connectivity index is 1.63. The van der Waals surface area contributed by atoms with Crippen molar-refractivity contribution in [2.24, 2.45) is 4.99 Å². The molecular weight excluding hydrogens is 573 g/mol. The molecule has 4 aromatic rings. The number of hydrogen-bond donors (Lipinski definition) is 0. The van der Waals surface area contributed by atoms with Crippen LogP contribution in [-0.2, 0) is 15.7 Å². The van der Waals surface area contributed by atoms with Gasteiger partial charge in [0.05, 0.1) is 48.2 Å². The van der Waals surface area contributed by atoms with Crippen LogP contribution in [0.3, 0.4) is 0 Å². The number of ether oxygens (including phenoxy) is 3. The summed E-state index contributed by atoms with van der Waals surface area (Å²) in [7, 11) is 2.99. The Morgan fingerprint density at radius 3 is 2.55 bits per heavy atom. The molecule has 0 spiro atoms. The summed E-state index contributed by atoms with van der Waals surface area (Å²) in [6, 6.07) is 12.1. The molecule has 0 N–H and O–H groups in total. The fourth-order valence-corrected chi connectivity index (χ4v) is 5.72. The van der Waals surface area contributed by atoms with E-state index in [0.717, 1.165) is 23.5 Å². The lowest BCUT2D eigenvalue weighted by atomic mass is 9.95. The van der Waals surface area contributed by atoms with Gasteiger partial charge in [-0.2, -0.15) is 13.2 Å². The standard InChI is InChI=1S/C30H25F3N2O6S/c1-5-40-28(37)25-16(2)34-29-35(26(25)18-9-11-22(38-3)23(14-18)39-4)27(36)24(42-29)15-20-10-12-21(41-20)17-7-6-8-19(13-17)30(31,32)33/h6-15,26H,5H2,1-4H3/b24-15+/t26-/m1/s1. The van der Waals surface area contributed by atoms with Gasteiger partial charge in [0.25, 0.3) is 5.56 Å². The van der Waals surface area contributed by atoms with E-state index in [9.17, 15) is 22.8 Å². The van der Waals surface area contributed by atoms with Gasteiger partial charge in [0.2, 0.25) is 0 Å². The maximum atomic E-state index is 13.8. The summed E-state index contributed by atoms with van der Waals surface area (Å²) in [6.45, 7) is 3.49. The van der Waals surface area contributed by atoms with Crippen LogP contribution in [0, 0.1) is 0 Å². The number of rotatable bonds is 7. The maximum absolute atomic E-state index is 13.8. The van der Waals surface area contributed by atoms with Crippen LogP contribution in [-0.4, -0.2) is 31.4 Å². The van der Waals surface area contributed by atoms with E-state index in [1.165, 1.54) is 43.1 Å². The highest BCUT2D eigenvalue weighted by Gasteiger charge is 2.34. The summed E-state index contributed by atoms with van der Waals surface area (Å²) in [6.07, 6.45) is -3.00. The fraction of sp³-hybridized carbons (Fsp3) is 0.233. The van der Waals surface area contributed by atoms with Gasteiger partial charge in [0.1, 0.15) is 11.5 Å². The van der Waals surface area contributed by atoms with Gasteiger partial charge in [-0.05, 0) is 55.8 Å². The number of aromatic nitrogens is 1. The van der Waals surface area contributed by atoms with Crippen LogP contribution in [0.5, 0.6) is 11.5 Å². The zero-order valence-electron chi connectivity index (χ0n) is 22.9. The minimum absolute atomic E-state index is 0.130. The summed E-state index contributed by atoms with van der Waals surface area (Å²) < 4.78 is 63.2. The lowest BCUT2D eigenvalue weighted by Crippen LogP contribution is -2.39. The van der Waals surface area contributed by atoms with E-state index in [4.69, 9.17) is 18.6 Å². The summed E-state index contributed by atoms with van der Waals surface area (Å²) in [5, 5.41) is 0. The summed E-state index contributed by atoms with van der Waals surface area (Å²) in [4.78, 5) is 31.8. The van der Waals surface area contributed by atoms with Gasteiger partial charge < -0.3 is 18.6 Å². The first kappa shape index (κ1) is 28.9. The lowest BCUT2D eigenvalue weighted by Gasteiger charge is -2.25. The topological polar surface area (TPSA) is 92.3 Å². The molecule has 0 bridgehead atoms. The molecule has 8 nitrogen and oxygen atoms in total. The Hall–Kier alpha value is -4.58. The van der Waals surface area contributed by atoms with E-state index in [1.807, 2.05) is 0 Å². The monoisotopic (exact) mass is 598 g/mol. The molecule has 2 aromatic heterocycles. The highest BCUT2D eigenvalue weighted by atomic mass is 32.1. The summed E-state index contributed by atoms with van der Waals surface area (Å²) in [5.74, 6) is 0.749. The van der Waals surface area contributed by atoms with Crippen LogP contribution in [0.2, 0.25) is 0 Å². The molecular formula is C30H25F3N2O6S. The number of benzene rings is 2. The second-order valence-corrected chi connectivity index (χ2v) is 10.2. The van der Waals surface area contributed by atoms with E-state index in [0.29, 0.717) is 27.6 Å². The molecule has 1 aliphatic heterocycles. The number of methoxy groups -OCH3 is 2. The maximum Gasteiger partial charge on any atom is 0.416 e. The average molecular weight is 599 g/mol. The van der Waals surface area contributed by atoms with E-state index in [-0.39, 0.29) is 33.8 Å². The van der Waals surface area contributed by atoms with Crippen molar-refractivity contribution >= 4 is 23.4 Å². The first-order chi connectivity index (χ1) is 20.0. The molecule has 1 aliphatic rings. The number of halogens is 3. The minimum Gasteiger partial charge on any atom is -0.493 e. The number of thiazole rings is 1. The van der Waals surface area contributed by atoms with Crippen LogP contribution < -0.4 is 24.4 Å². The third-order valence-corrected chi connectivity index (χ3v) is 7.60. The number of carbonyl (C=O) groups is 1. The molecule has 12 heteroatoms. The van der Waals surface area contributed by atoms with Crippen LogP contribution in [0.1, 0.15) is 36.8 Å². The van der Waals surface area contributed by atoms with Crippen molar-refractivity contribution < 1.29 is 36.6 Å². The number of carbonyl (C=O) groups excluding carboxylic acids is 1. The molecule has 2 aromatic carbocycles. The molecule has 0 amide bonds. The third kappa shape index (κ3) is 5.37. The number of allylic oxidation sites excluding steroid dienone is 1. The van der Waals surface area contributed by atoms with E-state index >= 15 is 0 Å². The number of esters is 1. The number of fused-ring (bicyclic) bond motifs is 1. The first-order valence-corrected chi connectivity index (χ1v) is 13.6. The Kier molecular flexibility index (Phi) is 7.83. The van der Waals surface area contributed by atoms with Crippen molar-refractivity contribution in [3.63, 3.8) is 0 Å². The van der Waals surface area contributed by atoms with Crippen LogP contribution in [0.4, 0.5) is 13.2 Å². The molecule has 42 heavy (non-hydrogen) atoms. The number of hydrogen-bond acceptors (Lipinski definition) is 8. The van der Waals surface area contributed by atoms with Gasteiger partial charge in [-0.3, -0.25) is 9.36 Å². The van der Waals surface area contributed by atoms with Gasteiger partial charge >= 0.3 is 12.1 Å². The zero-order valence-corrected chi connectivity index (χ0v) is 23.8. The Morgan fingerprint density at radius 2 is 1.86 bits per heavy atom. The zero-order chi connectivity index (χ0) is 30.2. The van der Waals surface area contributed by atoms with Crippen LogP contribution in [0.15, 0.2) is 80.1 Å². The molecule has 1 atom stereocenters. The predicted octanol–water partition coefficient (Wildman–Crippen LogP) is 5.09. The van der Waals surface area contributed by atoms with Crippen molar-refractivity contribution in [1.29, 1.82) is 0 Å². The molecule has 5 rings (SSSR count). The second-order valence-electron chi connectivity index (χ2n) is 9.20. The summed E-state index contributed by atoms with van der Waals surface area (Å²) >= 11 is 1.09. The normalized spacial score (nSPS) is 15.3.